The summed E-state index contributed by atoms with van der Waals surface area (Å²) in [5.41, 5.74) is 0.558. The second-order valence-electron chi connectivity index (χ2n) is 3.97. The van der Waals surface area contributed by atoms with Crippen molar-refractivity contribution in [3.8, 4) is 0 Å². The molecule has 1 aromatic rings. The molecular formula is C13H20ClN3O2. The van der Waals surface area contributed by atoms with Crippen LogP contribution in [0.1, 0.15) is 10.4 Å². The number of likely N-dealkylation sites (N-methyl/N-ethyl adjacent to an activating group) is 2. The van der Waals surface area contributed by atoms with E-state index in [0.29, 0.717) is 12.1 Å². The first kappa shape index (κ1) is 17.4. The third-order valence-electron chi connectivity index (χ3n) is 2.56. The van der Waals surface area contributed by atoms with Gasteiger partial charge in [0.25, 0.3) is 5.91 Å². The summed E-state index contributed by atoms with van der Waals surface area (Å²) < 4.78 is 0. The van der Waals surface area contributed by atoms with Crippen LogP contribution in [0, 0.1) is 0 Å². The molecule has 0 aliphatic carbocycles. The number of nitrogens with one attached hydrogen (secondary N) is 2. The van der Waals surface area contributed by atoms with Crippen LogP contribution < -0.4 is 10.6 Å². The SMILES string of the molecule is CNCCN(C)C(=O)CNC(=O)c1ccccc1.Cl. The molecule has 106 valence electrons. The molecule has 0 saturated carbocycles. The highest BCUT2D eigenvalue weighted by Gasteiger charge is 2.10. The Morgan fingerprint density at radius 3 is 2.42 bits per heavy atom. The monoisotopic (exact) mass is 285 g/mol. The summed E-state index contributed by atoms with van der Waals surface area (Å²) in [6.45, 7) is 1.37. The first-order valence-electron chi connectivity index (χ1n) is 5.87. The summed E-state index contributed by atoms with van der Waals surface area (Å²) in [5.74, 6) is -0.333. The summed E-state index contributed by atoms with van der Waals surface area (Å²) in [6, 6.07) is 8.84. The van der Waals surface area contributed by atoms with E-state index in [-0.39, 0.29) is 30.8 Å². The lowest BCUT2D eigenvalue weighted by Crippen LogP contribution is -2.40. The van der Waals surface area contributed by atoms with Crippen LogP contribution in [0.25, 0.3) is 0 Å². The van der Waals surface area contributed by atoms with Gasteiger partial charge < -0.3 is 15.5 Å². The van der Waals surface area contributed by atoms with Crippen LogP contribution >= 0.6 is 12.4 Å². The van der Waals surface area contributed by atoms with E-state index >= 15 is 0 Å². The molecule has 19 heavy (non-hydrogen) atoms. The lowest BCUT2D eigenvalue weighted by Gasteiger charge is -2.17. The Kier molecular flexibility index (Phi) is 8.57. The zero-order valence-electron chi connectivity index (χ0n) is 11.2. The van der Waals surface area contributed by atoms with Gasteiger partial charge in [0.1, 0.15) is 0 Å². The van der Waals surface area contributed by atoms with Crippen molar-refractivity contribution in [1.82, 2.24) is 15.5 Å². The number of carbonyl (C=O) groups is 2. The minimum atomic E-state index is -0.231. The molecule has 0 atom stereocenters. The lowest BCUT2D eigenvalue weighted by atomic mass is 10.2. The molecule has 0 radical (unpaired) electrons. The van der Waals surface area contributed by atoms with E-state index in [9.17, 15) is 9.59 Å². The first-order chi connectivity index (χ1) is 8.65. The van der Waals surface area contributed by atoms with E-state index in [1.807, 2.05) is 13.1 Å². The molecule has 1 rings (SSSR count). The van der Waals surface area contributed by atoms with E-state index in [1.54, 1.807) is 36.2 Å². The average Bonchev–Trinajstić information content (AvgIpc) is 2.42. The Morgan fingerprint density at radius 2 is 1.84 bits per heavy atom. The Morgan fingerprint density at radius 1 is 1.21 bits per heavy atom. The van der Waals surface area contributed by atoms with Gasteiger partial charge in [0.05, 0.1) is 6.54 Å². The fourth-order valence-electron chi connectivity index (χ4n) is 1.39. The minimum Gasteiger partial charge on any atom is -0.343 e. The molecule has 0 unspecified atom stereocenters. The minimum absolute atomic E-state index is 0. The number of hydrogen-bond acceptors (Lipinski definition) is 3. The van der Waals surface area contributed by atoms with E-state index in [2.05, 4.69) is 10.6 Å². The third-order valence-corrected chi connectivity index (χ3v) is 2.56. The molecule has 2 amide bonds. The number of hydrogen-bond donors (Lipinski definition) is 2. The standard InChI is InChI=1S/C13H19N3O2.ClH/c1-14-8-9-16(2)12(17)10-15-13(18)11-6-4-3-5-7-11;/h3-7,14H,8-10H2,1-2H3,(H,15,18);1H. The highest BCUT2D eigenvalue weighted by atomic mass is 35.5. The van der Waals surface area contributed by atoms with Gasteiger partial charge in [-0.25, -0.2) is 0 Å². The second-order valence-corrected chi connectivity index (χ2v) is 3.97. The molecule has 0 spiro atoms. The maximum Gasteiger partial charge on any atom is 0.251 e. The number of benzene rings is 1. The number of amides is 2. The zero-order chi connectivity index (χ0) is 13.4. The second kappa shape index (κ2) is 9.35. The van der Waals surface area contributed by atoms with Gasteiger partial charge in [0.15, 0.2) is 0 Å². The summed E-state index contributed by atoms with van der Waals surface area (Å²) in [7, 11) is 3.55. The van der Waals surface area contributed by atoms with Crippen molar-refractivity contribution >= 4 is 24.2 Å². The van der Waals surface area contributed by atoms with Gasteiger partial charge >= 0.3 is 0 Å². The first-order valence-corrected chi connectivity index (χ1v) is 5.87. The van der Waals surface area contributed by atoms with Crippen LogP contribution in [0.5, 0.6) is 0 Å². The van der Waals surface area contributed by atoms with Crippen LogP contribution in [-0.2, 0) is 4.79 Å². The predicted molar refractivity (Wildman–Crippen MR) is 77.6 cm³/mol. The predicted octanol–water partition coefficient (Wildman–Crippen LogP) is 0.516. The summed E-state index contributed by atoms with van der Waals surface area (Å²) in [6.07, 6.45) is 0. The zero-order valence-corrected chi connectivity index (χ0v) is 12.0. The lowest BCUT2D eigenvalue weighted by molar-refractivity contribution is -0.128. The van der Waals surface area contributed by atoms with Crippen LogP contribution in [0.3, 0.4) is 0 Å². The van der Waals surface area contributed by atoms with Gasteiger partial charge in [-0.1, -0.05) is 18.2 Å². The molecular weight excluding hydrogens is 266 g/mol. The van der Waals surface area contributed by atoms with Crippen molar-refractivity contribution in [2.45, 2.75) is 0 Å². The van der Waals surface area contributed by atoms with Gasteiger partial charge in [0.2, 0.25) is 5.91 Å². The number of nitrogens with zero attached hydrogens (tertiary/aromatic N) is 1. The Bertz CT molecular complexity index is 398. The molecule has 1 aromatic carbocycles. The summed E-state index contributed by atoms with van der Waals surface area (Å²) >= 11 is 0. The summed E-state index contributed by atoms with van der Waals surface area (Å²) in [5, 5.41) is 5.57. The molecule has 5 nitrogen and oxygen atoms in total. The van der Waals surface area contributed by atoms with Crippen LogP contribution in [-0.4, -0.2) is 50.4 Å². The Balaban J connectivity index is 0.00000324. The molecule has 0 saturated heterocycles. The average molecular weight is 286 g/mol. The number of halogens is 1. The van der Waals surface area contributed by atoms with E-state index < -0.39 is 0 Å². The van der Waals surface area contributed by atoms with Crippen molar-refractivity contribution in [3.05, 3.63) is 35.9 Å². The van der Waals surface area contributed by atoms with Gasteiger partial charge in [-0.2, -0.15) is 0 Å². The third kappa shape index (κ3) is 6.22. The maximum atomic E-state index is 11.7. The molecule has 6 heteroatoms. The van der Waals surface area contributed by atoms with Crippen molar-refractivity contribution in [2.24, 2.45) is 0 Å². The van der Waals surface area contributed by atoms with Crippen LogP contribution in [0.4, 0.5) is 0 Å². The van der Waals surface area contributed by atoms with E-state index in [4.69, 9.17) is 0 Å². The van der Waals surface area contributed by atoms with Crippen molar-refractivity contribution in [3.63, 3.8) is 0 Å². The maximum absolute atomic E-state index is 11.7. The molecule has 0 bridgehead atoms. The molecule has 0 heterocycles. The number of rotatable bonds is 6. The van der Waals surface area contributed by atoms with E-state index in [1.165, 1.54) is 0 Å². The normalized spacial score (nSPS) is 9.37. The summed E-state index contributed by atoms with van der Waals surface area (Å²) in [4.78, 5) is 24.9. The van der Waals surface area contributed by atoms with Crippen LogP contribution in [0.15, 0.2) is 30.3 Å². The Hall–Kier alpha value is -1.59. The van der Waals surface area contributed by atoms with Gasteiger partial charge in [0, 0.05) is 25.7 Å². The van der Waals surface area contributed by atoms with Crippen molar-refractivity contribution < 1.29 is 9.59 Å². The van der Waals surface area contributed by atoms with Gasteiger partial charge in [-0.3, -0.25) is 9.59 Å². The number of carbonyl (C=O) groups excluding carboxylic acids is 2. The smallest absolute Gasteiger partial charge is 0.251 e. The molecule has 0 aromatic heterocycles. The topological polar surface area (TPSA) is 61.4 Å². The fraction of sp³-hybridized carbons (Fsp3) is 0.385. The highest BCUT2D eigenvalue weighted by Crippen LogP contribution is 1.97. The molecule has 0 fully saturated rings. The van der Waals surface area contributed by atoms with Crippen LogP contribution in [0.2, 0.25) is 0 Å². The van der Waals surface area contributed by atoms with Crippen molar-refractivity contribution in [2.75, 3.05) is 33.7 Å². The van der Waals surface area contributed by atoms with Crippen molar-refractivity contribution in [1.29, 1.82) is 0 Å². The van der Waals surface area contributed by atoms with Gasteiger partial charge in [-0.05, 0) is 19.2 Å². The van der Waals surface area contributed by atoms with E-state index in [0.717, 1.165) is 6.54 Å². The molecule has 2 N–H and O–H groups in total. The largest absolute Gasteiger partial charge is 0.343 e. The fourth-order valence-corrected chi connectivity index (χ4v) is 1.39. The van der Waals surface area contributed by atoms with Gasteiger partial charge in [-0.15, -0.1) is 12.4 Å². The Labute approximate surface area is 119 Å². The molecule has 0 aliphatic heterocycles. The quantitative estimate of drug-likeness (QED) is 0.801. The highest BCUT2D eigenvalue weighted by molar-refractivity contribution is 5.96. The molecule has 0 aliphatic rings.